The minimum Gasteiger partial charge on any atom is -0.468 e. The maximum absolute atomic E-state index is 10.9. The molecule has 0 unspecified atom stereocenters. The van der Waals surface area contributed by atoms with Crippen LogP contribution in [0.4, 0.5) is 11.4 Å². The van der Waals surface area contributed by atoms with Gasteiger partial charge in [0, 0.05) is 12.6 Å². The molecule has 0 saturated heterocycles. The summed E-state index contributed by atoms with van der Waals surface area (Å²) in [5.41, 5.74) is 6.60. The van der Waals surface area contributed by atoms with E-state index in [1.54, 1.807) is 12.3 Å². The highest BCUT2D eigenvalue weighted by molar-refractivity contribution is 5.59. The fraction of sp³-hybridized carbons (Fsp3) is 0.286. The van der Waals surface area contributed by atoms with Gasteiger partial charge in [-0.1, -0.05) is 13.0 Å². The summed E-state index contributed by atoms with van der Waals surface area (Å²) < 4.78 is 5.31. The van der Waals surface area contributed by atoms with Crippen molar-refractivity contribution in [3.05, 3.63) is 58.0 Å². The molecule has 6 nitrogen and oxygen atoms in total. The fourth-order valence-electron chi connectivity index (χ4n) is 2.01. The van der Waals surface area contributed by atoms with Crippen LogP contribution in [0.15, 0.2) is 41.0 Å². The van der Waals surface area contributed by atoms with E-state index >= 15 is 0 Å². The van der Waals surface area contributed by atoms with E-state index in [1.807, 2.05) is 25.1 Å². The molecule has 0 atom stereocenters. The molecule has 0 aliphatic rings. The number of anilines is 1. The number of nitrogen functional groups attached to an aromatic ring is 1. The molecule has 1 aromatic carbocycles. The Morgan fingerprint density at radius 1 is 1.35 bits per heavy atom. The SMILES string of the molecule is CCN(Cc1ccc(N)c([N+](=O)[O-])c1)Cc1ccco1. The van der Waals surface area contributed by atoms with Crippen molar-refractivity contribution in [2.24, 2.45) is 0 Å². The maximum atomic E-state index is 10.9. The van der Waals surface area contributed by atoms with Crippen LogP contribution in [0.2, 0.25) is 0 Å². The molecule has 2 N–H and O–H groups in total. The van der Waals surface area contributed by atoms with Gasteiger partial charge in [0.25, 0.3) is 5.69 Å². The highest BCUT2D eigenvalue weighted by Crippen LogP contribution is 2.23. The van der Waals surface area contributed by atoms with E-state index in [0.29, 0.717) is 13.1 Å². The van der Waals surface area contributed by atoms with E-state index in [4.69, 9.17) is 10.2 Å². The molecule has 0 radical (unpaired) electrons. The van der Waals surface area contributed by atoms with Crippen LogP contribution in [0.3, 0.4) is 0 Å². The van der Waals surface area contributed by atoms with E-state index < -0.39 is 4.92 Å². The molecular formula is C14H17N3O3. The second kappa shape index (κ2) is 6.21. The Morgan fingerprint density at radius 2 is 2.15 bits per heavy atom. The zero-order valence-electron chi connectivity index (χ0n) is 11.3. The van der Waals surface area contributed by atoms with Crippen LogP contribution in [-0.4, -0.2) is 16.4 Å². The van der Waals surface area contributed by atoms with E-state index in [-0.39, 0.29) is 11.4 Å². The zero-order chi connectivity index (χ0) is 14.5. The van der Waals surface area contributed by atoms with Crippen LogP contribution in [0.1, 0.15) is 18.2 Å². The molecule has 1 heterocycles. The molecule has 0 amide bonds. The number of furan rings is 1. The summed E-state index contributed by atoms with van der Waals surface area (Å²) in [5, 5.41) is 10.9. The third-order valence-corrected chi connectivity index (χ3v) is 3.10. The number of hydrogen-bond donors (Lipinski definition) is 1. The maximum Gasteiger partial charge on any atom is 0.292 e. The van der Waals surface area contributed by atoms with Gasteiger partial charge in [0.1, 0.15) is 11.4 Å². The van der Waals surface area contributed by atoms with E-state index in [9.17, 15) is 10.1 Å². The fourth-order valence-corrected chi connectivity index (χ4v) is 2.01. The first-order chi connectivity index (χ1) is 9.60. The summed E-state index contributed by atoms with van der Waals surface area (Å²) >= 11 is 0. The van der Waals surface area contributed by atoms with Gasteiger partial charge >= 0.3 is 0 Å². The van der Waals surface area contributed by atoms with Crippen LogP contribution in [-0.2, 0) is 13.1 Å². The van der Waals surface area contributed by atoms with Crippen LogP contribution < -0.4 is 5.73 Å². The Kier molecular flexibility index (Phi) is 4.37. The van der Waals surface area contributed by atoms with Gasteiger partial charge in [-0.2, -0.15) is 0 Å². The minimum atomic E-state index is -0.457. The summed E-state index contributed by atoms with van der Waals surface area (Å²) in [6.07, 6.45) is 1.64. The zero-order valence-corrected chi connectivity index (χ0v) is 11.3. The van der Waals surface area contributed by atoms with Gasteiger partial charge in [-0.25, -0.2) is 0 Å². The lowest BCUT2D eigenvalue weighted by molar-refractivity contribution is -0.384. The molecular weight excluding hydrogens is 258 g/mol. The molecule has 2 aromatic rings. The second-order valence-corrected chi connectivity index (χ2v) is 4.53. The Balaban J connectivity index is 2.11. The summed E-state index contributed by atoms with van der Waals surface area (Å²) in [6, 6.07) is 8.67. The van der Waals surface area contributed by atoms with Crippen LogP contribution in [0.25, 0.3) is 0 Å². The Morgan fingerprint density at radius 3 is 2.75 bits per heavy atom. The van der Waals surface area contributed by atoms with Gasteiger partial charge in [-0.3, -0.25) is 15.0 Å². The highest BCUT2D eigenvalue weighted by Gasteiger charge is 2.14. The van der Waals surface area contributed by atoms with Crippen LogP contribution >= 0.6 is 0 Å². The summed E-state index contributed by atoms with van der Waals surface area (Å²) in [6.45, 7) is 4.13. The molecule has 2 rings (SSSR count). The van der Waals surface area contributed by atoms with Crippen molar-refractivity contribution in [3.63, 3.8) is 0 Å². The Bertz CT molecular complexity index is 581. The Hall–Kier alpha value is -2.34. The molecule has 0 saturated carbocycles. The van der Waals surface area contributed by atoms with E-state index in [0.717, 1.165) is 17.9 Å². The lowest BCUT2D eigenvalue weighted by Gasteiger charge is -2.19. The number of benzene rings is 1. The molecule has 20 heavy (non-hydrogen) atoms. The van der Waals surface area contributed by atoms with E-state index in [2.05, 4.69) is 4.90 Å². The van der Waals surface area contributed by atoms with Gasteiger partial charge in [0.15, 0.2) is 0 Å². The first-order valence-corrected chi connectivity index (χ1v) is 6.37. The largest absolute Gasteiger partial charge is 0.468 e. The van der Waals surface area contributed by atoms with Crippen molar-refractivity contribution >= 4 is 11.4 Å². The van der Waals surface area contributed by atoms with Gasteiger partial charge in [-0.05, 0) is 30.3 Å². The molecule has 0 bridgehead atoms. The van der Waals surface area contributed by atoms with Gasteiger partial charge in [0.2, 0.25) is 0 Å². The second-order valence-electron chi connectivity index (χ2n) is 4.53. The number of nitro benzene ring substituents is 1. The summed E-state index contributed by atoms with van der Waals surface area (Å²) in [5.74, 6) is 0.872. The van der Waals surface area contributed by atoms with Crippen molar-refractivity contribution in [2.45, 2.75) is 20.0 Å². The van der Waals surface area contributed by atoms with Gasteiger partial charge < -0.3 is 10.2 Å². The standard InChI is InChI=1S/C14H17N3O3/c1-2-16(10-12-4-3-7-20-12)9-11-5-6-13(15)14(8-11)17(18)19/h3-8H,2,9-10,15H2,1H3. The van der Waals surface area contributed by atoms with E-state index in [1.165, 1.54) is 6.07 Å². The predicted octanol–water partition coefficient (Wildman–Crippen LogP) is 2.79. The normalized spacial score (nSPS) is 10.9. The summed E-state index contributed by atoms with van der Waals surface area (Å²) in [7, 11) is 0. The third-order valence-electron chi connectivity index (χ3n) is 3.10. The number of nitro groups is 1. The number of hydrogen-bond acceptors (Lipinski definition) is 5. The lowest BCUT2D eigenvalue weighted by atomic mass is 10.1. The average Bonchev–Trinajstić information content (AvgIpc) is 2.92. The van der Waals surface area contributed by atoms with Crippen LogP contribution in [0, 0.1) is 10.1 Å². The molecule has 6 heteroatoms. The van der Waals surface area contributed by atoms with Crippen molar-refractivity contribution in [2.75, 3.05) is 12.3 Å². The third kappa shape index (κ3) is 3.36. The minimum absolute atomic E-state index is 0.0449. The van der Waals surface area contributed by atoms with Crippen LogP contribution in [0.5, 0.6) is 0 Å². The highest BCUT2D eigenvalue weighted by atomic mass is 16.6. The molecule has 0 spiro atoms. The molecule has 106 valence electrons. The molecule has 1 aromatic heterocycles. The average molecular weight is 275 g/mol. The number of rotatable bonds is 6. The number of nitrogens with zero attached hydrogens (tertiary/aromatic N) is 2. The monoisotopic (exact) mass is 275 g/mol. The van der Waals surface area contributed by atoms with Gasteiger partial charge in [-0.15, -0.1) is 0 Å². The van der Waals surface area contributed by atoms with Crippen molar-refractivity contribution in [1.82, 2.24) is 4.90 Å². The quantitative estimate of drug-likeness (QED) is 0.497. The first kappa shape index (κ1) is 14.1. The molecule has 0 aliphatic heterocycles. The summed E-state index contributed by atoms with van der Waals surface area (Å²) in [4.78, 5) is 12.6. The van der Waals surface area contributed by atoms with Gasteiger partial charge in [0.05, 0.1) is 17.7 Å². The topological polar surface area (TPSA) is 85.5 Å². The van der Waals surface area contributed by atoms with Crippen molar-refractivity contribution < 1.29 is 9.34 Å². The number of nitrogens with two attached hydrogens (primary N) is 1. The lowest BCUT2D eigenvalue weighted by Crippen LogP contribution is -2.22. The molecule has 0 aliphatic carbocycles. The predicted molar refractivity (Wildman–Crippen MR) is 76.0 cm³/mol. The van der Waals surface area contributed by atoms with Crippen molar-refractivity contribution in [3.8, 4) is 0 Å². The molecule has 0 fully saturated rings. The smallest absolute Gasteiger partial charge is 0.292 e. The van der Waals surface area contributed by atoms with Crippen molar-refractivity contribution in [1.29, 1.82) is 0 Å². The Labute approximate surface area is 116 Å². The first-order valence-electron chi connectivity index (χ1n) is 6.37.